The van der Waals surface area contributed by atoms with Crippen LogP contribution in [-0.2, 0) is 37.5 Å². The number of rotatable bonds is 23. The summed E-state index contributed by atoms with van der Waals surface area (Å²) in [6.45, 7) is 2.75. The maximum absolute atomic E-state index is 13.6. The van der Waals surface area contributed by atoms with E-state index in [-0.39, 0.29) is 25.7 Å². The highest BCUT2D eigenvalue weighted by Gasteiger charge is 2.49. The summed E-state index contributed by atoms with van der Waals surface area (Å²) in [6, 6.07) is 0. The number of ether oxygens (including phenoxy) is 2. The Morgan fingerprint density at radius 2 is 1.42 bits per heavy atom. The standard InChI is InChI=1S/C49H81O16P/c1-3-5-7-8-9-10-11-12-13-14-15-16-17-18-19-20-25-29-42(53)62-34-37-35-63-66(60,61)65-49-47(58)45(56)39(32-31-36(50)27-23-6-4-2)41(52)33-40(51)38(44(55)46(57)48(49)59)28-24-21-22-26-30-43(54)64-37/h9-10,12-13,15-16,21,24,31-32,36-39,41,44-50,52,55-59H,3-8,11,14,17-20,22-23,25-30,33-35H2,1-2H3,(H,60,61)/b10-9-,13-12-,16-15-,24-21-,32-31+/t36-,37+,38-,39-,41+,44+,45+,46-,47+,48+,49+/m0/s1. The molecule has 2 aliphatic rings. The van der Waals surface area contributed by atoms with Gasteiger partial charge in [-0.25, -0.2) is 4.57 Å². The molecule has 1 fully saturated rings. The molecule has 0 radical (unpaired) electrons. The molecule has 17 heteroatoms. The molecule has 1 aliphatic carbocycles. The smallest absolute Gasteiger partial charge is 0.462 e. The maximum atomic E-state index is 13.6. The fourth-order valence-electron chi connectivity index (χ4n) is 7.64. The molecule has 0 spiro atoms. The predicted octanol–water partition coefficient (Wildman–Crippen LogP) is 6.31. The predicted molar refractivity (Wildman–Crippen MR) is 250 cm³/mol. The van der Waals surface area contributed by atoms with Crippen LogP contribution in [-0.4, -0.2) is 127 Å². The molecule has 0 aromatic heterocycles. The minimum atomic E-state index is -5.46. The van der Waals surface area contributed by atoms with Crippen LogP contribution in [0.2, 0.25) is 0 Å². The monoisotopic (exact) mass is 957 g/mol. The van der Waals surface area contributed by atoms with Gasteiger partial charge >= 0.3 is 19.8 Å². The first-order chi connectivity index (χ1) is 31.6. The van der Waals surface area contributed by atoms with Crippen LogP contribution in [0.1, 0.15) is 149 Å². The van der Waals surface area contributed by atoms with Crippen molar-refractivity contribution in [2.24, 2.45) is 11.8 Å². The van der Waals surface area contributed by atoms with Crippen LogP contribution in [0.25, 0.3) is 0 Å². The number of aliphatic hydroxyl groups is 7. The van der Waals surface area contributed by atoms with Crippen molar-refractivity contribution >= 4 is 25.5 Å². The lowest BCUT2D eigenvalue weighted by molar-refractivity contribution is -0.166. The highest BCUT2D eigenvalue weighted by molar-refractivity contribution is 7.47. The van der Waals surface area contributed by atoms with Crippen molar-refractivity contribution in [2.75, 3.05) is 13.2 Å². The summed E-state index contributed by atoms with van der Waals surface area (Å²) in [5.74, 6) is -5.10. The Morgan fingerprint density at radius 3 is 2.11 bits per heavy atom. The summed E-state index contributed by atoms with van der Waals surface area (Å²) in [6.07, 6.45) is 13.8. The van der Waals surface area contributed by atoms with Crippen molar-refractivity contribution in [3.63, 3.8) is 0 Å². The molecule has 2 bridgehead atoms. The van der Waals surface area contributed by atoms with E-state index in [9.17, 15) is 59.6 Å². The molecule has 12 atom stereocenters. The number of esters is 2. The van der Waals surface area contributed by atoms with Crippen LogP contribution in [0.15, 0.2) is 60.8 Å². The molecule has 0 amide bonds. The Kier molecular flexibility index (Phi) is 30.9. The minimum absolute atomic E-state index is 0.0757. The van der Waals surface area contributed by atoms with Gasteiger partial charge in [0.1, 0.15) is 36.8 Å². The molecule has 16 nitrogen and oxygen atoms in total. The number of ketones is 1. The van der Waals surface area contributed by atoms with Gasteiger partial charge in [-0.15, -0.1) is 0 Å². The number of unbranched alkanes of at least 4 members (excludes halogenated alkanes) is 9. The van der Waals surface area contributed by atoms with Gasteiger partial charge in [0.25, 0.3) is 0 Å². The number of carbonyl (C=O) groups excluding carboxylic acids is 3. The first-order valence-corrected chi connectivity index (χ1v) is 25.7. The summed E-state index contributed by atoms with van der Waals surface area (Å²) in [7, 11) is -5.46. The van der Waals surface area contributed by atoms with Crippen LogP contribution in [0.5, 0.6) is 0 Å². The maximum Gasteiger partial charge on any atom is 0.472 e. The lowest BCUT2D eigenvalue weighted by Crippen LogP contribution is -2.55. The van der Waals surface area contributed by atoms with Gasteiger partial charge < -0.3 is 50.1 Å². The number of hydrogen-bond donors (Lipinski definition) is 8. The third-order valence-electron chi connectivity index (χ3n) is 11.7. The highest BCUT2D eigenvalue weighted by Crippen LogP contribution is 2.47. The summed E-state index contributed by atoms with van der Waals surface area (Å²) >= 11 is 0. The van der Waals surface area contributed by atoms with E-state index in [4.69, 9.17) is 18.5 Å². The number of aliphatic hydroxyl groups excluding tert-OH is 7. The molecule has 0 aromatic carbocycles. The fourth-order valence-corrected chi connectivity index (χ4v) is 8.62. The average Bonchev–Trinajstić information content (AvgIpc) is 3.28. The van der Waals surface area contributed by atoms with Crippen molar-refractivity contribution in [3.8, 4) is 0 Å². The first kappa shape index (κ1) is 59.3. The fraction of sp³-hybridized carbons (Fsp3) is 0.735. The van der Waals surface area contributed by atoms with Crippen molar-refractivity contribution < 1.29 is 78.1 Å². The van der Waals surface area contributed by atoms with Gasteiger partial charge in [0, 0.05) is 31.1 Å². The molecule has 0 aromatic rings. The van der Waals surface area contributed by atoms with E-state index in [1.54, 1.807) is 6.08 Å². The lowest BCUT2D eigenvalue weighted by Gasteiger charge is -2.36. The van der Waals surface area contributed by atoms with E-state index in [2.05, 4.69) is 43.4 Å². The van der Waals surface area contributed by atoms with Crippen molar-refractivity contribution in [1.29, 1.82) is 0 Å². The van der Waals surface area contributed by atoms with Crippen LogP contribution in [0, 0.1) is 11.8 Å². The van der Waals surface area contributed by atoms with Crippen LogP contribution >= 0.6 is 7.82 Å². The van der Waals surface area contributed by atoms with Gasteiger partial charge in [-0.05, 0) is 70.6 Å². The molecule has 66 heavy (non-hydrogen) atoms. The Labute approximate surface area is 392 Å². The third-order valence-corrected chi connectivity index (χ3v) is 12.7. The highest BCUT2D eigenvalue weighted by atomic mass is 31.2. The molecule has 378 valence electrons. The topological polar surface area (TPSA) is 267 Å². The Morgan fingerprint density at radius 1 is 0.803 bits per heavy atom. The number of cyclic esters (lactones) is 1. The van der Waals surface area contributed by atoms with E-state index in [1.807, 2.05) is 6.92 Å². The number of Topliss-reactive ketones (excluding diaryl/α,β-unsaturated/α-hetero) is 1. The third kappa shape index (κ3) is 24.4. The second-order valence-electron chi connectivity index (χ2n) is 17.4. The number of phosphoric ester groups is 1. The zero-order valence-corrected chi connectivity index (χ0v) is 40.1. The normalized spacial score (nSPS) is 31.3. The molecule has 8 N–H and O–H groups in total. The van der Waals surface area contributed by atoms with E-state index >= 15 is 0 Å². The first-order valence-electron chi connectivity index (χ1n) is 24.2. The molecule has 1 saturated carbocycles. The molecular formula is C49H81O16P. The summed E-state index contributed by atoms with van der Waals surface area (Å²) in [5.41, 5.74) is 0. The lowest BCUT2D eigenvalue weighted by atomic mass is 9.84. The van der Waals surface area contributed by atoms with Crippen LogP contribution in [0.4, 0.5) is 0 Å². The number of allylic oxidation sites excluding steroid dienone is 8. The molecule has 2 rings (SSSR count). The van der Waals surface area contributed by atoms with Crippen LogP contribution < -0.4 is 0 Å². The summed E-state index contributed by atoms with van der Waals surface area (Å²) in [4.78, 5) is 50.0. The van der Waals surface area contributed by atoms with Gasteiger partial charge in [-0.1, -0.05) is 120 Å². The minimum Gasteiger partial charge on any atom is -0.462 e. The summed E-state index contributed by atoms with van der Waals surface area (Å²) < 4.78 is 34.6. The largest absolute Gasteiger partial charge is 0.472 e. The molecule has 0 saturated heterocycles. The quantitative estimate of drug-likeness (QED) is 0.0241. The van der Waals surface area contributed by atoms with Gasteiger partial charge in [0.15, 0.2) is 6.10 Å². The Hall–Kier alpha value is -2.86. The molecular weight excluding hydrogens is 875 g/mol. The second kappa shape index (κ2) is 34.4. The van der Waals surface area contributed by atoms with Crippen molar-refractivity contribution in [2.45, 2.75) is 204 Å². The van der Waals surface area contributed by atoms with Crippen molar-refractivity contribution in [3.05, 3.63) is 60.8 Å². The van der Waals surface area contributed by atoms with Crippen LogP contribution in [0.3, 0.4) is 0 Å². The second-order valence-corrected chi connectivity index (χ2v) is 18.8. The zero-order chi connectivity index (χ0) is 48.7. The molecule has 1 unspecified atom stereocenters. The Balaban J connectivity index is 2.12. The summed E-state index contributed by atoms with van der Waals surface area (Å²) in [5, 5.41) is 78.4. The van der Waals surface area contributed by atoms with Gasteiger partial charge in [0.2, 0.25) is 0 Å². The number of phosphoric acid groups is 1. The van der Waals surface area contributed by atoms with Gasteiger partial charge in [0.05, 0.1) is 31.0 Å². The number of carbonyl (C=O) groups is 3. The Bertz CT molecular complexity index is 1560. The molecule has 1 aliphatic heterocycles. The average molecular weight is 957 g/mol. The number of hydrogen-bond acceptors (Lipinski definition) is 15. The zero-order valence-electron chi connectivity index (χ0n) is 39.2. The van der Waals surface area contributed by atoms with E-state index in [0.717, 1.165) is 57.8 Å². The van der Waals surface area contributed by atoms with Gasteiger partial charge in [-0.2, -0.15) is 0 Å². The van der Waals surface area contributed by atoms with E-state index in [0.29, 0.717) is 25.7 Å². The molecule has 1 heterocycles. The van der Waals surface area contributed by atoms with Gasteiger partial charge in [-0.3, -0.25) is 23.4 Å². The van der Waals surface area contributed by atoms with Crippen molar-refractivity contribution in [1.82, 2.24) is 0 Å². The SMILES string of the molecule is CCCCC/C=C\C/C=C\C/C=C\CCCCCCC(=O)OC[C@@H]1COP(=O)(O)O[C@H]2[C@H](O)[C@@H](O)[C@H](O)[C@@H](C/C=C\CCCC(=O)O1)C(=O)C[C@@H](O)[C@H](/C=C/[C@@H](O)CCCCC)[C@@H](O)[C@H]2O. The van der Waals surface area contributed by atoms with E-state index < -0.39 is 112 Å². The number of fused-ring (bicyclic) bond motifs is 4. The van der Waals surface area contributed by atoms with E-state index in [1.165, 1.54) is 37.5 Å².